The van der Waals surface area contributed by atoms with Crippen molar-refractivity contribution in [1.29, 1.82) is 0 Å². The average Bonchev–Trinajstić information content (AvgIpc) is 3.06. The van der Waals surface area contributed by atoms with Crippen molar-refractivity contribution in [3.63, 3.8) is 0 Å². The summed E-state index contributed by atoms with van der Waals surface area (Å²) >= 11 is 0. The first-order valence-corrected chi connectivity index (χ1v) is 8.41. The van der Waals surface area contributed by atoms with Gasteiger partial charge in [0.05, 0.1) is 7.11 Å². The zero-order valence-corrected chi connectivity index (χ0v) is 13.6. The van der Waals surface area contributed by atoms with E-state index in [0.717, 1.165) is 44.5 Å². The lowest BCUT2D eigenvalue weighted by molar-refractivity contribution is -0.121. The SMILES string of the molecule is COc1ccc(CCCCCC(=O)NCC2CCCN2)cc1. The zero-order valence-electron chi connectivity index (χ0n) is 13.6. The number of unbranched alkanes of at least 4 members (excludes halogenated alkanes) is 2. The fourth-order valence-electron chi connectivity index (χ4n) is 2.84. The lowest BCUT2D eigenvalue weighted by Crippen LogP contribution is -2.37. The Hall–Kier alpha value is -1.55. The van der Waals surface area contributed by atoms with Crippen LogP contribution in [0, 0.1) is 0 Å². The molecule has 4 heteroatoms. The fraction of sp³-hybridized carbons (Fsp3) is 0.611. The lowest BCUT2D eigenvalue weighted by atomic mass is 10.1. The summed E-state index contributed by atoms with van der Waals surface area (Å²) in [5.74, 6) is 1.09. The normalized spacial score (nSPS) is 17.4. The lowest BCUT2D eigenvalue weighted by Gasteiger charge is -2.11. The van der Waals surface area contributed by atoms with Crippen LogP contribution in [0.25, 0.3) is 0 Å². The monoisotopic (exact) mass is 304 g/mol. The van der Waals surface area contributed by atoms with E-state index < -0.39 is 0 Å². The smallest absolute Gasteiger partial charge is 0.220 e. The van der Waals surface area contributed by atoms with Crippen LogP contribution >= 0.6 is 0 Å². The first kappa shape index (κ1) is 16.8. The van der Waals surface area contributed by atoms with Gasteiger partial charge in [-0.3, -0.25) is 4.79 Å². The molecular formula is C18H28N2O2. The van der Waals surface area contributed by atoms with E-state index in [0.29, 0.717) is 12.5 Å². The molecule has 2 rings (SSSR count). The van der Waals surface area contributed by atoms with E-state index in [2.05, 4.69) is 22.8 Å². The van der Waals surface area contributed by atoms with Gasteiger partial charge in [-0.25, -0.2) is 0 Å². The first-order valence-electron chi connectivity index (χ1n) is 8.41. The van der Waals surface area contributed by atoms with Crippen molar-refractivity contribution in [2.45, 2.75) is 51.0 Å². The number of carbonyl (C=O) groups is 1. The van der Waals surface area contributed by atoms with Gasteiger partial charge in [-0.15, -0.1) is 0 Å². The minimum Gasteiger partial charge on any atom is -0.497 e. The molecule has 122 valence electrons. The number of benzene rings is 1. The number of hydrogen-bond acceptors (Lipinski definition) is 3. The van der Waals surface area contributed by atoms with E-state index in [1.54, 1.807) is 7.11 Å². The molecule has 1 fully saturated rings. The molecule has 1 unspecified atom stereocenters. The minimum absolute atomic E-state index is 0.193. The maximum absolute atomic E-state index is 11.8. The Bertz CT molecular complexity index is 439. The summed E-state index contributed by atoms with van der Waals surface area (Å²) in [6, 6.07) is 8.71. The van der Waals surface area contributed by atoms with Gasteiger partial charge in [0.2, 0.25) is 5.91 Å². The van der Waals surface area contributed by atoms with Gasteiger partial charge in [-0.05, 0) is 56.3 Å². The van der Waals surface area contributed by atoms with E-state index >= 15 is 0 Å². The van der Waals surface area contributed by atoms with Crippen LogP contribution in [0.2, 0.25) is 0 Å². The molecule has 1 aliphatic heterocycles. The number of hydrogen-bond donors (Lipinski definition) is 2. The molecule has 1 aliphatic rings. The number of rotatable bonds is 9. The highest BCUT2D eigenvalue weighted by Gasteiger charge is 2.14. The summed E-state index contributed by atoms with van der Waals surface area (Å²) in [6.07, 6.45) is 7.33. The molecule has 0 aliphatic carbocycles. The molecular weight excluding hydrogens is 276 g/mol. The molecule has 1 atom stereocenters. The second kappa shape index (κ2) is 9.46. The molecule has 1 aromatic rings. The Morgan fingerprint density at radius 3 is 2.77 bits per heavy atom. The fourth-order valence-corrected chi connectivity index (χ4v) is 2.84. The Kier molecular flexibility index (Phi) is 7.23. The second-order valence-electron chi connectivity index (χ2n) is 6.01. The van der Waals surface area contributed by atoms with Crippen LogP contribution in [0.1, 0.15) is 44.1 Å². The van der Waals surface area contributed by atoms with Crippen LogP contribution in [-0.2, 0) is 11.2 Å². The van der Waals surface area contributed by atoms with E-state index in [9.17, 15) is 4.79 Å². The molecule has 0 spiro atoms. The second-order valence-corrected chi connectivity index (χ2v) is 6.01. The molecule has 1 saturated heterocycles. The molecule has 0 saturated carbocycles. The van der Waals surface area contributed by atoms with Gasteiger partial charge in [-0.1, -0.05) is 18.6 Å². The van der Waals surface area contributed by atoms with E-state index in [1.165, 1.54) is 18.4 Å². The number of nitrogens with one attached hydrogen (secondary N) is 2. The van der Waals surface area contributed by atoms with Crippen LogP contribution in [-0.4, -0.2) is 32.1 Å². The topological polar surface area (TPSA) is 50.4 Å². The highest BCUT2D eigenvalue weighted by molar-refractivity contribution is 5.75. The van der Waals surface area contributed by atoms with Crippen molar-refractivity contribution >= 4 is 5.91 Å². The molecule has 1 amide bonds. The predicted octanol–water partition coefficient (Wildman–Crippen LogP) is 2.67. The quantitative estimate of drug-likeness (QED) is 0.690. The highest BCUT2D eigenvalue weighted by Crippen LogP contribution is 2.14. The molecule has 0 radical (unpaired) electrons. The summed E-state index contributed by atoms with van der Waals surface area (Å²) in [6.45, 7) is 1.87. The van der Waals surface area contributed by atoms with Crippen molar-refractivity contribution in [3.05, 3.63) is 29.8 Å². The maximum Gasteiger partial charge on any atom is 0.220 e. The van der Waals surface area contributed by atoms with Gasteiger partial charge in [-0.2, -0.15) is 0 Å². The van der Waals surface area contributed by atoms with Gasteiger partial charge in [0.1, 0.15) is 5.75 Å². The Morgan fingerprint density at radius 1 is 1.27 bits per heavy atom. The minimum atomic E-state index is 0.193. The van der Waals surface area contributed by atoms with E-state index in [1.807, 2.05) is 12.1 Å². The van der Waals surface area contributed by atoms with Crippen molar-refractivity contribution in [2.24, 2.45) is 0 Å². The number of aryl methyl sites for hydroxylation is 1. The number of ether oxygens (including phenoxy) is 1. The van der Waals surface area contributed by atoms with Crippen LogP contribution in [0.4, 0.5) is 0 Å². The molecule has 4 nitrogen and oxygen atoms in total. The van der Waals surface area contributed by atoms with Crippen LogP contribution in [0.3, 0.4) is 0 Å². The number of methoxy groups -OCH3 is 1. The van der Waals surface area contributed by atoms with Crippen LogP contribution in [0.5, 0.6) is 5.75 Å². The highest BCUT2D eigenvalue weighted by atomic mass is 16.5. The van der Waals surface area contributed by atoms with Crippen LogP contribution < -0.4 is 15.4 Å². The first-order chi connectivity index (χ1) is 10.8. The van der Waals surface area contributed by atoms with Crippen LogP contribution in [0.15, 0.2) is 24.3 Å². The third-order valence-corrected chi connectivity index (χ3v) is 4.24. The summed E-state index contributed by atoms with van der Waals surface area (Å²) in [5, 5.41) is 6.42. The van der Waals surface area contributed by atoms with Crippen molar-refractivity contribution in [2.75, 3.05) is 20.2 Å². The van der Waals surface area contributed by atoms with E-state index in [4.69, 9.17) is 4.74 Å². The average molecular weight is 304 g/mol. The number of carbonyl (C=O) groups excluding carboxylic acids is 1. The molecule has 1 aromatic carbocycles. The Balaban J connectivity index is 1.50. The van der Waals surface area contributed by atoms with Crippen molar-refractivity contribution in [3.8, 4) is 5.75 Å². The Labute approximate surface area is 133 Å². The predicted molar refractivity (Wildman–Crippen MR) is 89.2 cm³/mol. The Morgan fingerprint density at radius 2 is 2.09 bits per heavy atom. The van der Waals surface area contributed by atoms with Gasteiger partial charge in [0, 0.05) is 19.0 Å². The zero-order chi connectivity index (χ0) is 15.6. The third kappa shape index (κ3) is 6.06. The number of amides is 1. The van der Waals surface area contributed by atoms with Gasteiger partial charge in [0.15, 0.2) is 0 Å². The molecule has 0 aromatic heterocycles. The summed E-state index contributed by atoms with van der Waals surface area (Å²) in [7, 11) is 1.68. The third-order valence-electron chi connectivity index (χ3n) is 4.24. The van der Waals surface area contributed by atoms with E-state index in [-0.39, 0.29) is 5.91 Å². The largest absolute Gasteiger partial charge is 0.497 e. The van der Waals surface area contributed by atoms with Gasteiger partial charge in [0.25, 0.3) is 0 Å². The summed E-state index contributed by atoms with van der Waals surface area (Å²) in [4.78, 5) is 11.8. The molecule has 1 heterocycles. The molecule has 22 heavy (non-hydrogen) atoms. The molecule has 2 N–H and O–H groups in total. The maximum atomic E-state index is 11.8. The standard InChI is InChI=1S/C18H28N2O2/c1-22-17-11-9-15(10-12-17)6-3-2-4-8-18(21)20-14-16-7-5-13-19-16/h9-12,16,19H,2-8,13-14H2,1H3,(H,20,21). The van der Waals surface area contributed by atoms with Crippen molar-refractivity contribution < 1.29 is 9.53 Å². The summed E-state index contributed by atoms with van der Waals surface area (Å²) < 4.78 is 5.15. The van der Waals surface area contributed by atoms with Crippen molar-refractivity contribution in [1.82, 2.24) is 10.6 Å². The molecule has 0 bridgehead atoms. The van der Waals surface area contributed by atoms with Gasteiger partial charge >= 0.3 is 0 Å². The van der Waals surface area contributed by atoms with Gasteiger partial charge < -0.3 is 15.4 Å². The summed E-state index contributed by atoms with van der Waals surface area (Å²) in [5.41, 5.74) is 1.33.